The zero-order chi connectivity index (χ0) is 26.6. The van der Waals surface area contributed by atoms with Gasteiger partial charge in [0.25, 0.3) is 0 Å². The van der Waals surface area contributed by atoms with Crippen molar-refractivity contribution in [3.8, 4) is 5.75 Å². The minimum absolute atomic E-state index is 0.0824. The first-order valence-electron chi connectivity index (χ1n) is 15.7. The quantitative estimate of drug-likeness (QED) is 0.349. The molecule has 1 heterocycles. The molecule has 2 aromatic carbocycles. The first kappa shape index (κ1) is 25.9. The van der Waals surface area contributed by atoms with Crippen molar-refractivity contribution in [2.75, 3.05) is 39.3 Å². The number of aryl methyl sites for hydroxylation is 1. The number of piperidine rings is 1. The third-order valence-corrected chi connectivity index (χ3v) is 11.7. The van der Waals surface area contributed by atoms with Gasteiger partial charge in [0.1, 0.15) is 5.75 Å². The minimum atomic E-state index is -0.0824. The molecule has 4 heteroatoms. The van der Waals surface area contributed by atoms with Crippen LogP contribution in [0.15, 0.2) is 42.5 Å². The summed E-state index contributed by atoms with van der Waals surface area (Å²) in [6.07, 6.45) is 13.7. The Morgan fingerprint density at radius 2 is 1.44 bits per heavy atom. The van der Waals surface area contributed by atoms with E-state index in [1.165, 1.54) is 68.2 Å². The van der Waals surface area contributed by atoms with Crippen molar-refractivity contribution in [3.63, 3.8) is 0 Å². The predicted octanol–water partition coefficient (Wildman–Crippen LogP) is 7.44. The summed E-state index contributed by atoms with van der Waals surface area (Å²) in [5.74, 6) is 5.73. The van der Waals surface area contributed by atoms with E-state index >= 15 is 0 Å². The smallest absolute Gasteiger partial charge is 0.159 e. The number of fused-ring (bicyclic) bond motifs is 1. The van der Waals surface area contributed by atoms with Crippen molar-refractivity contribution >= 4 is 5.69 Å². The lowest BCUT2D eigenvalue weighted by molar-refractivity contribution is -0.141. The topological polar surface area (TPSA) is 30.9 Å². The highest BCUT2D eigenvalue weighted by molar-refractivity contribution is 5.51. The van der Waals surface area contributed by atoms with Crippen LogP contribution in [0.25, 0.3) is 0 Å². The summed E-state index contributed by atoms with van der Waals surface area (Å²) in [4.78, 5) is 2.55. The maximum Gasteiger partial charge on any atom is 0.159 e. The minimum Gasteiger partial charge on any atom is -0.497 e. The molecule has 1 saturated heterocycles. The normalized spacial score (nSPS) is 33.9. The van der Waals surface area contributed by atoms with E-state index in [0.717, 1.165) is 55.4 Å². The van der Waals surface area contributed by atoms with Crippen LogP contribution in [0, 0.1) is 35.0 Å². The fraction of sp³-hybridized carbons (Fsp3) is 0.657. The lowest BCUT2D eigenvalue weighted by Gasteiger charge is -2.61. The van der Waals surface area contributed by atoms with Gasteiger partial charge >= 0.3 is 0 Å². The van der Waals surface area contributed by atoms with Gasteiger partial charge in [0.15, 0.2) is 6.29 Å². The molecule has 4 bridgehead atoms. The van der Waals surface area contributed by atoms with E-state index in [4.69, 9.17) is 14.2 Å². The van der Waals surface area contributed by atoms with E-state index in [9.17, 15) is 0 Å². The van der Waals surface area contributed by atoms with Crippen LogP contribution in [0.4, 0.5) is 5.69 Å². The summed E-state index contributed by atoms with van der Waals surface area (Å²) >= 11 is 0. The first-order valence-corrected chi connectivity index (χ1v) is 15.7. The molecule has 6 aliphatic rings. The molecule has 4 nitrogen and oxygen atoms in total. The lowest BCUT2D eigenvalue weighted by atomic mass is 9.43. The molecule has 5 aliphatic carbocycles. The molecule has 210 valence electrons. The molecular formula is C35H47NO3. The van der Waals surface area contributed by atoms with Crippen molar-refractivity contribution in [2.24, 2.45) is 35.0 Å². The van der Waals surface area contributed by atoms with Gasteiger partial charge in [-0.15, -0.1) is 0 Å². The Kier molecular flexibility index (Phi) is 6.92. The molecule has 0 N–H and O–H groups in total. The number of rotatable bonds is 7. The molecule has 2 atom stereocenters. The second-order valence-electron chi connectivity index (χ2n) is 13.7. The first-order chi connectivity index (χ1) is 19.1. The largest absolute Gasteiger partial charge is 0.497 e. The molecule has 2 aromatic rings. The SMILES string of the molecule is COc1ccc2c(c1)CC[C@@H](C13CC4CC(CC(C4)C1)C3)[C@H]2c1ccc(N2CCC(C(OC)OC)CC2)cc1. The number of hydrogen-bond donors (Lipinski definition) is 0. The molecule has 5 fully saturated rings. The van der Waals surface area contributed by atoms with E-state index in [1.54, 1.807) is 26.9 Å². The van der Waals surface area contributed by atoms with Crippen LogP contribution >= 0.6 is 0 Å². The van der Waals surface area contributed by atoms with Crippen LogP contribution in [0.1, 0.15) is 80.4 Å². The van der Waals surface area contributed by atoms with Gasteiger partial charge in [0.05, 0.1) is 7.11 Å². The van der Waals surface area contributed by atoms with Crippen molar-refractivity contribution < 1.29 is 14.2 Å². The second kappa shape index (κ2) is 10.4. The van der Waals surface area contributed by atoms with Crippen LogP contribution in [0.2, 0.25) is 0 Å². The van der Waals surface area contributed by atoms with Crippen molar-refractivity contribution in [3.05, 3.63) is 59.2 Å². The zero-order valence-electron chi connectivity index (χ0n) is 24.2. The number of anilines is 1. The van der Waals surface area contributed by atoms with Crippen molar-refractivity contribution in [1.29, 1.82) is 0 Å². The number of hydrogen-bond acceptors (Lipinski definition) is 4. The van der Waals surface area contributed by atoms with Gasteiger partial charge in [-0.3, -0.25) is 0 Å². The number of ether oxygens (including phenoxy) is 3. The van der Waals surface area contributed by atoms with Crippen LogP contribution in [0.5, 0.6) is 5.75 Å². The average Bonchev–Trinajstić information content (AvgIpc) is 2.96. The zero-order valence-corrected chi connectivity index (χ0v) is 24.2. The highest BCUT2D eigenvalue weighted by Crippen LogP contribution is 2.66. The Bertz CT molecular complexity index is 1110. The molecule has 0 radical (unpaired) electrons. The van der Waals surface area contributed by atoms with Gasteiger partial charge in [0, 0.05) is 44.8 Å². The third-order valence-electron chi connectivity index (χ3n) is 11.7. The van der Waals surface area contributed by atoms with Crippen LogP contribution in [-0.4, -0.2) is 40.7 Å². The second-order valence-corrected chi connectivity index (χ2v) is 13.7. The predicted molar refractivity (Wildman–Crippen MR) is 156 cm³/mol. The number of methoxy groups -OCH3 is 3. The Morgan fingerprint density at radius 3 is 2.03 bits per heavy atom. The maximum absolute atomic E-state index is 5.65. The van der Waals surface area contributed by atoms with Crippen LogP contribution in [-0.2, 0) is 15.9 Å². The van der Waals surface area contributed by atoms with E-state index < -0.39 is 0 Å². The standard InChI is InChI=1S/C35H47NO3/c1-37-30-9-10-31-28(19-30)6-11-32(35-20-23-16-24(21-35)18-25(17-23)22-35)33(31)26-4-7-29(8-5-26)36-14-12-27(13-15-36)34(38-2)39-3/h4-5,7-10,19,23-25,27,32-34H,6,11-18,20-22H2,1-3H3/t23?,24?,25?,32-,33+,35?/m1/s1. The Balaban J connectivity index is 1.18. The van der Waals surface area contributed by atoms with Gasteiger partial charge in [-0.1, -0.05) is 18.2 Å². The number of nitrogens with zero attached hydrogens (tertiary/aromatic N) is 1. The molecule has 0 unspecified atom stereocenters. The number of benzene rings is 2. The van der Waals surface area contributed by atoms with Crippen LogP contribution < -0.4 is 9.64 Å². The van der Waals surface area contributed by atoms with Crippen molar-refractivity contribution in [2.45, 2.75) is 76.4 Å². The molecule has 0 aromatic heterocycles. The molecule has 39 heavy (non-hydrogen) atoms. The Labute approximate surface area is 235 Å². The van der Waals surface area contributed by atoms with E-state index in [2.05, 4.69) is 47.4 Å². The summed E-state index contributed by atoms with van der Waals surface area (Å²) in [5, 5.41) is 0. The highest BCUT2D eigenvalue weighted by atomic mass is 16.7. The highest BCUT2D eigenvalue weighted by Gasteiger charge is 2.56. The van der Waals surface area contributed by atoms with Gasteiger partial charge < -0.3 is 19.1 Å². The summed E-state index contributed by atoms with van der Waals surface area (Å²) in [5.41, 5.74) is 6.52. The van der Waals surface area contributed by atoms with E-state index in [1.807, 2.05) is 0 Å². The summed E-state index contributed by atoms with van der Waals surface area (Å²) < 4.78 is 16.8. The van der Waals surface area contributed by atoms with Gasteiger partial charge in [-0.05, 0) is 134 Å². The van der Waals surface area contributed by atoms with Crippen molar-refractivity contribution in [1.82, 2.24) is 0 Å². The van der Waals surface area contributed by atoms with Crippen LogP contribution in [0.3, 0.4) is 0 Å². The monoisotopic (exact) mass is 529 g/mol. The van der Waals surface area contributed by atoms with Gasteiger partial charge in [0.2, 0.25) is 0 Å². The van der Waals surface area contributed by atoms with Gasteiger partial charge in [-0.25, -0.2) is 0 Å². The van der Waals surface area contributed by atoms with E-state index in [0.29, 0.717) is 17.3 Å². The Morgan fingerprint density at radius 1 is 0.795 bits per heavy atom. The molecule has 0 spiro atoms. The maximum atomic E-state index is 5.65. The molecule has 0 amide bonds. The lowest BCUT2D eigenvalue weighted by Crippen LogP contribution is -2.51. The molecular weight excluding hydrogens is 482 g/mol. The average molecular weight is 530 g/mol. The molecule has 1 aliphatic heterocycles. The molecule has 4 saturated carbocycles. The fourth-order valence-corrected chi connectivity index (χ4v) is 10.4. The third kappa shape index (κ3) is 4.60. The summed E-state index contributed by atoms with van der Waals surface area (Å²) in [6, 6.07) is 16.7. The Hall–Kier alpha value is -2.04. The molecule has 8 rings (SSSR count). The summed E-state index contributed by atoms with van der Waals surface area (Å²) in [7, 11) is 5.32. The van der Waals surface area contributed by atoms with E-state index in [-0.39, 0.29) is 6.29 Å². The van der Waals surface area contributed by atoms with Gasteiger partial charge in [-0.2, -0.15) is 0 Å². The summed E-state index contributed by atoms with van der Waals surface area (Å²) in [6.45, 7) is 2.13. The fourth-order valence-electron chi connectivity index (χ4n) is 10.4.